The highest BCUT2D eigenvalue weighted by Gasteiger charge is 1.99. The molecular weight excluding hydrogens is 260 g/mol. The third-order valence-corrected chi connectivity index (χ3v) is 1.57. The van der Waals surface area contributed by atoms with Crippen molar-refractivity contribution < 1.29 is 28.5 Å². The van der Waals surface area contributed by atoms with Crippen LogP contribution in [0.3, 0.4) is 0 Å². The molecule has 0 radical (unpaired) electrons. The van der Waals surface area contributed by atoms with Crippen molar-refractivity contribution in [2.45, 2.75) is 13.5 Å². The van der Waals surface area contributed by atoms with E-state index in [1.54, 1.807) is 0 Å². The summed E-state index contributed by atoms with van der Waals surface area (Å²) < 4.78 is 1.97. The van der Waals surface area contributed by atoms with Crippen LogP contribution in [0.5, 0.6) is 0 Å². The summed E-state index contributed by atoms with van der Waals surface area (Å²) in [4.78, 5) is 0. The minimum absolute atomic E-state index is 0. The summed E-state index contributed by atoms with van der Waals surface area (Å²) in [6.07, 6.45) is 1.96. The number of aryl methyl sites for hydroxylation is 1. The first kappa shape index (κ1) is 10.2. The van der Waals surface area contributed by atoms with Crippen LogP contribution >= 0.6 is 11.6 Å². The van der Waals surface area contributed by atoms with Crippen molar-refractivity contribution in [1.82, 2.24) is 0 Å². The van der Waals surface area contributed by atoms with E-state index in [2.05, 4.69) is 6.92 Å². The molecule has 0 aromatic carbocycles. The molecule has 0 saturated heterocycles. The van der Waals surface area contributed by atoms with Crippen molar-refractivity contribution in [1.29, 1.82) is 0 Å². The van der Waals surface area contributed by atoms with Gasteiger partial charge in [0.1, 0.15) is 6.54 Å². The van der Waals surface area contributed by atoms with Crippen molar-refractivity contribution in [3.63, 3.8) is 0 Å². The van der Waals surface area contributed by atoms with Crippen LogP contribution in [0.25, 0.3) is 0 Å². The van der Waals surface area contributed by atoms with Gasteiger partial charge in [0.25, 0.3) is 5.15 Å². The SMILES string of the molecule is CC[n+]1ccccc1Cl.[I-]. The maximum Gasteiger partial charge on any atom is 0.274 e. The Labute approximate surface area is 83.0 Å². The van der Waals surface area contributed by atoms with E-state index in [9.17, 15) is 0 Å². The number of rotatable bonds is 1. The number of halogens is 2. The lowest BCUT2D eigenvalue weighted by Crippen LogP contribution is -3.00. The molecule has 0 fully saturated rings. The molecule has 0 saturated carbocycles. The highest BCUT2D eigenvalue weighted by molar-refractivity contribution is 6.28. The zero-order valence-corrected chi connectivity index (χ0v) is 8.63. The van der Waals surface area contributed by atoms with Crippen LogP contribution in [0, 0.1) is 0 Å². The van der Waals surface area contributed by atoms with Gasteiger partial charge in [-0.05, 0) is 24.6 Å². The van der Waals surface area contributed by atoms with Crippen molar-refractivity contribution in [3.8, 4) is 0 Å². The molecule has 0 amide bonds. The number of hydrogen-bond acceptors (Lipinski definition) is 0. The summed E-state index contributed by atoms with van der Waals surface area (Å²) in [7, 11) is 0. The molecule has 0 atom stereocenters. The van der Waals surface area contributed by atoms with E-state index in [0.717, 1.165) is 11.7 Å². The fourth-order valence-electron chi connectivity index (χ4n) is 0.712. The van der Waals surface area contributed by atoms with E-state index in [-0.39, 0.29) is 24.0 Å². The van der Waals surface area contributed by atoms with Crippen molar-refractivity contribution in [2.75, 3.05) is 0 Å². The second kappa shape index (κ2) is 4.91. The van der Waals surface area contributed by atoms with Crippen LogP contribution in [0.1, 0.15) is 6.92 Å². The lowest BCUT2D eigenvalue weighted by Gasteiger charge is -1.90. The third kappa shape index (κ3) is 2.42. The van der Waals surface area contributed by atoms with Gasteiger partial charge in [-0.1, -0.05) is 0 Å². The van der Waals surface area contributed by atoms with Gasteiger partial charge in [-0.3, -0.25) is 0 Å². The zero-order valence-electron chi connectivity index (χ0n) is 5.72. The summed E-state index contributed by atoms with van der Waals surface area (Å²) in [5.74, 6) is 0. The molecule has 1 aromatic heterocycles. The predicted molar refractivity (Wildman–Crippen MR) is 37.3 cm³/mol. The van der Waals surface area contributed by atoms with Gasteiger partial charge in [-0.25, -0.2) is 0 Å². The molecule has 0 aliphatic heterocycles. The highest BCUT2D eigenvalue weighted by Crippen LogP contribution is 1.97. The van der Waals surface area contributed by atoms with Gasteiger partial charge in [0.05, 0.1) is 0 Å². The molecule has 3 heteroatoms. The molecule has 1 aromatic rings. The Balaban J connectivity index is 0.000000810. The Bertz CT molecular complexity index is 203. The normalized spacial score (nSPS) is 8.60. The average molecular weight is 270 g/mol. The molecule has 10 heavy (non-hydrogen) atoms. The second-order valence-corrected chi connectivity index (χ2v) is 2.20. The fraction of sp³-hybridized carbons (Fsp3) is 0.286. The van der Waals surface area contributed by atoms with E-state index in [1.165, 1.54) is 0 Å². The zero-order chi connectivity index (χ0) is 6.69. The van der Waals surface area contributed by atoms with E-state index in [0.29, 0.717) is 0 Å². The number of hydrogen-bond donors (Lipinski definition) is 0. The van der Waals surface area contributed by atoms with Crippen molar-refractivity contribution >= 4 is 11.6 Å². The molecule has 0 unspecified atom stereocenters. The molecule has 1 nitrogen and oxygen atoms in total. The smallest absolute Gasteiger partial charge is 0.274 e. The van der Waals surface area contributed by atoms with Gasteiger partial charge in [0.15, 0.2) is 6.20 Å². The fourth-order valence-corrected chi connectivity index (χ4v) is 0.961. The molecule has 1 rings (SSSR count). The van der Waals surface area contributed by atoms with E-state index in [4.69, 9.17) is 11.6 Å². The Morgan fingerprint density at radius 3 is 2.60 bits per heavy atom. The van der Waals surface area contributed by atoms with Gasteiger partial charge >= 0.3 is 0 Å². The minimum atomic E-state index is 0. The average Bonchev–Trinajstić information content (AvgIpc) is 1.89. The summed E-state index contributed by atoms with van der Waals surface area (Å²) >= 11 is 5.79. The van der Waals surface area contributed by atoms with Crippen LogP contribution in [-0.4, -0.2) is 0 Å². The molecule has 0 spiro atoms. The largest absolute Gasteiger partial charge is 1.00 e. The first-order valence-electron chi connectivity index (χ1n) is 2.98. The maximum absolute atomic E-state index is 5.79. The first-order valence-corrected chi connectivity index (χ1v) is 3.36. The Hall–Kier alpha value is 0.170. The van der Waals surface area contributed by atoms with Gasteiger partial charge in [-0.15, -0.1) is 0 Å². The minimum Gasteiger partial charge on any atom is -1.00 e. The van der Waals surface area contributed by atoms with Crippen LogP contribution in [-0.2, 0) is 6.54 Å². The van der Waals surface area contributed by atoms with Crippen LogP contribution < -0.4 is 28.5 Å². The molecule has 0 aliphatic rings. The van der Waals surface area contributed by atoms with Gasteiger partial charge in [0.2, 0.25) is 0 Å². The van der Waals surface area contributed by atoms with E-state index < -0.39 is 0 Å². The summed E-state index contributed by atoms with van der Waals surface area (Å²) in [5.41, 5.74) is 0. The number of nitrogens with zero attached hydrogens (tertiary/aromatic N) is 1. The van der Waals surface area contributed by atoms with Crippen molar-refractivity contribution in [2.24, 2.45) is 0 Å². The Kier molecular flexibility index (Phi) is 4.99. The maximum atomic E-state index is 5.79. The van der Waals surface area contributed by atoms with Gasteiger partial charge < -0.3 is 24.0 Å². The van der Waals surface area contributed by atoms with Crippen molar-refractivity contribution in [3.05, 3.63) is 29.5 Å². The Morgan fingerprint density at radius 1 is 1.50 bits per heavy atom. The number of pyridine rings is 1. The van der Waals surface area contributed by atoms with E-state index >= 15 is 0 Å². The van der Waals surface area contributed by atoms with Gasteiger partial charge in [0, 0.05) is 12.1 Å². The standard InChI is InChI=1S/C7H9ClN.HI/c1-2-9-6-4-3-5-7(9)8;/h3-6H,2H2,1H3;1H/q+1;/p-1. The topological polar surface area (TPSA) is 3.88 Å². The quantitative estimate of drug-likeness (QED) is 0.337. The summed E-state index contributed by atoms with van der Waals surface area (Å²) in [5, 5.41) is 0.792. The molecule has 0 aliphatic carbocycles. The molecule has 56 valence electrons. The predicted octanol–water partition coefficient (Wildman–Crippen LogP) is -1.35. The summed E-state index contributed by atoms with van der Waals surface area (Å²) in [6, 6.07) is 5.77. The summed E-state index contributed by atoms with van der Waals surface area (Å²) in [6.45, 7) is 2.99. The number of aromatic nitrogens is 1. The lowest BCUT2D eigenvalue weighted by atomic mass is 10.5. The highest BCUT2D eigenvalue weighted by atomic mass is 127. The van der Waals surface area contributed by atoms with Crippen LogP contribution in [0.2, 0.25) is 5.15 Å². The molecule has 0 N–H and O–H groups in total. The first-order chi connectivity index (χ1) is 4.34. The molecular formula is C7H9ClIN. The third-order valence-electron chi connectivity index (χ3n) is 1.23. The van der Waals surface area contributed by atoms with Gasteiger partial charge in [-0.2, -0.15) is 4.57 Å². The second-order valence-electron chi connectivity index (χ2n) is 1.81. The van der Waals surface area contributed by atoms with E-state index in [1.807, 2.05) is 29.0 Å². The molecule has 1 heterocycles. The lowest BCUT2D eigenvalue weighted by molar-refractivity contribution is -0.691. The monoisotopic (exact) mass is 269 g/mol. The van der Waals surface area contributed by atoms with Crippen LogP contribution in [0.15, 0.2) is 24.4 Å². The Morgan fingerprint density at radius 2 is 2.20 bits per heavy atom. The van der Waals surface area contributed by atoms with Crippen LogP contribution in [0.4, 0.5) is 0 Å². The molecule has 0 bridgehead atoms.